The van der Waals surface area contributed by atoms with Crippen LogP contribution in [-0.4, -0.2) is 47.0 Å². The van der Waals surface area contributed by atoms with Gasteiger partial charge in [0.2, 0.25) is 11.8 Å². The average molecular weight is 429 g/mol. The summed E-state index contributed by atoms with van der Waals surface area (Å²) >= 11 is 1.53. The van der Waals surface area contributed by atoms with Crippen molar-refractivity contribution in [2.45, 2.75) is 52.9 Å². The second kappa shape index (κ2) is 19.1. The number of carbonyl (C=O) groups excluding carboxylic acids is 3. The number of urea groups is 1. The highest BCUT2D eigenvalue weighted by Crippen LogP contribution is 2.09. The van der Waals surface area contributed by atoms with E-state index in [1.807, 2.05) is 34.6 Å². The lowest BCUT2D eigenvalue weighted by atomic mass is 10.2. The van der Waals surface area contributed by atoms with Gasteiger partial charge in [-0.05, 0) is 29.4 Å². The van der Waals surface area contributed by atoms with Crippen LogP contribution in [0.4, 0.5) is 10.5 Å². The summed E-state index contributed by atoms with van der Waals surface area (Å²) in [4.78, 5) is 32.9. The molecule has 0 saturated heterocycles. The van der Waals surface area contributed by atoms with Crippen LogP contribution in [0.25, 0.3) is 0 Å². The Hall–Kier alpha value is -2.26. The van der Waals surface area contributed by atoms with E-state index >= 15 is 0 Å². The molecule has 0 bridgehead atoms. The van der Waals surface area contributed by atoms with Crippen LogP contribution in [0, 0.1) is 0 Å². The van der Waals surface area contributed by atoms with E-state index in [4.69, 9.17) is 10.8 Å². The van der Waals surface area contributed by atoms with E-state index in [0.717, 1.165) is 12.0 Å². The van der Waals surface area contributed by atoms with Crippen molar-refractivity contribution in [2.24, 2.45) is 5.73 Å². The number of primary amides is 1. The van der Waals surface area contributed by atoms with Crippen LogP contribution in [0.3, 0.4) is 0 Å². The second-order valence-electron chi connectivity index (χ2n) is 5.83. The fourth-order valence-electron chi connectivity index (χ4n) is 1.62. The summed E-state index contributed by atoms with van der Waals surface area (Å²) in [7, 11) is 0. The molecule has 1 aromatic rings. The van der Waals surface area contributed by atoms with Crippen LogP contribution in [0.2, 0.25) is 0 Å². The Bertz CT molecular complexity index is 580. The molecule has 4 amide bonds. The number of hydrogen-bond acceptors (Lipinski definition) is 5. The van der Waals surface area contributed by atoms with Crippen molar-refractivity contribution in [2.75, 3.05) is 24.2 Å². The Morgan fingerprint density at radius 1 is 1.07 bits per heavy atom. The van der Waals surface area contributed by atoms with Gasteiger partial charge in [0.05, 0.1) is 18.9 Å². The number of nitrogens with one attached hydrogen (secondary N) is 3. The van der Waals surface area contributed by atoms with Gasteiger partial charge in [-0.15, -0.1) is 11.8 Å². The Kier molecular flexibility index (Phi) is 19.0. The molecular formula is C20H36N4O4S. The van der Waals surface area contributed by atoms with Crippen molar-refractivity contribution in [3.8, 4) is 0 Å². The number of rotatable bonds is 9. The molecule has 0 spiro atoms. The zero-order valence-corrected chi connectivity index (χ0v) is 18.9. The summed E-state index contributed by atoms with van der Waals surface area (Å²) < 4.78 is 0. The van der Waals surface area contributed by atoms with E-state index < -0.39 is 6.03 Å². The number of benzene rings is 1. The summed E-state index contributed by atoms with van der Waals surface area (Å²) in [6.45, 7) is 10.6. The molecule has 0 aliphatic heterocycles. The lowest BCUT2D eigenvalue weighted by Gasteiger charge is -2.08. The van der Waals surface area contributed by atoms with Gasteiger partial charge in [0, 0.05) is 12.2 Å². The standard InChI is InChI=1S/C14H20N2O3S.C4H10N2O.C2H6/c1-10(2)20-9-14(19)15-7-13(18)16-12-5-3-11(8-17)4-6-12;1-2-3-6-4(5)7;1-2/h3-6,10,17H,7-9H2,1-2H3,(H,15,19)(H,16,18);2-3H2,1H3,(H3,5,6,7);1-2H3. The van der Waals surface area contributed by atoms with Gasteiger partial charge >= 0.3 is 6.03 Å². The second-order valence-corrected chi connectivity index (χ2v) is 7.40. The number of amides is 4. The Morgan fingerprint density at radius 2 is 1.66 bits per heavy atom. The molecule has 0 fully saturated rings. The molecule has 1 rings (SSSR count). The number of aliphatic hydroxyl groups is 1. The average Bonchev–Trinajstić information content (AvgIpc) is 2.71. The maximum atomic E-state index is 11.6. The number of carbonyl (C=O) groups is 3. The van der Waals surface area contributed by atoms with Crippen molar-refractivity contribution < 1.29 is 19.5 Å². The topological polar surface area (TPSA) is 134 Å². The summed E-state index contributed by atoms with van der Waals surface area (Å²) in [5, 5.41) is 17.0. The molecule has 166 valence electrons. The molecule has 8 nitrogen and oxygen atoms in total. The van der Waals surface area contributed by atoms with E-state index in [9.17, 15) is 14.4 Å². The quantitative estimate of drug-likeness (QED) is 0.412. The Labute approximate surface area is 178 Å². The molecule has 0 aliphatic carbocycles. The van der Waals surface area contributed by atoms with Gasteiger partial charge in [-0.2, -0.15) is 0 Å². The van der Waals surface area contributed by atoms with E-state index in [-0.39, 0.29) is 25.0 Å². The molecule has 0 atom stereocenters. The summed E-state index contributed by atoms with van der Waals surface area (Å²) in [5.74, 6) is -0.0602. The predicted octanol–water partition coefficient (Wildman–Crippen LogP) is 2.47. The third kappa shape index (κ3) is 18.9. The monoisotopic (exact) mass is 428 g/mol. The molecule has 0 saturated carbocycles. The Balaban J connectivity index is 0. The number of nitrogens with two attached hydrogens (primary N) is 1. The highest BCUT2D eigenvalue weighted by molar-refractivity contribution is 8.00. The van der Waals surface area contributed by atoms with Gasteiger partial charge in [0.25, 0.3) is 0 Å². The lowest BCUT2D eigenvalue weighted by Crippen LogP contribution is -2.34. The molecule has 0 heterocycles. The largest absolute Gasteiger partial charge is 0.392 e. The van der Waals surface area contributed by atoms with Gasteiger partial charge in [0.15, 0.2) is 0 Å². The fourth-order valence-corrected chi connectivity index (χ4v) is 2.21. The minimum Gasteiger partial charge on any atom is -0.392 e. The predicted molar refractivity (Wildman–Crippen MR) is 121 cm³/mol. The molecule has 0 unspecified atom stereocenters. The van der Waals surface area contributed by atoms with Crippen molar-refractivity contribution in [1.82, 2.24) is 10.6 Å². The third-order valence-corrected chi connectivity index (χ3v) is 4.06. The molecular weight excluding hydrogens is 392 g/mol. The number of aliphatic hydroxyl groups excluding tert-OH is 1. The van der Waals surface area contributed by atoms with E-state index in [1.54, 1.807) is 24.3 Å². The highest BCUT2D eigenvalue weighted by atomic mass is 32.2. The molecule has 29 heavy (non-hydrogen) atoms. The molecule has 0 radical (unpaired) electrons. The number of thioether (sulfide) groups is 1. The zero-order valence-electron chi connectivity index (χ0n) is 18.1. The zero-order chi connectivity index (χ0) is 22.7. The van der Waals surface area contributed by atoms with Crippen LogP contribution in [-0.2, 0) is 16.2 Å². The number of anilines is 1. The molecule has 9 heteroatoms. The van der Waals surface area contributed by atoms with E-state index in [2.05, 4.69) is 16.0 Å². The SMILES string of the molecule is CC.CC(C)SCC(=O)NCC(=O)Nc1ccc(CO)cc1.CCCNC(N)=O. The normalized spacial score (nSPS) is 9.34. The van der Waals surface area contributed by atoms with Crippen LogP contribution in [0.15, 0.2) is 24.3 Å². The Morgan fingerprint density at radius 3 is 2.07 bits per heavy atom. The number of hydrogen-bond donors (Lipinski definition) is 5. The van der Waals surface area contributed by atoms with Gasteiger partial charge in [-0.1, -0.05) is 46.8 Å². The summed E-state index contributed by atoms with van der Waals surface area (Å²) in [6.07, 6.45) is 0.933. The van der Waals surface area contributed by atoms with Gasteiger partial charge < -0.3 is 26.8 Å². The van der Waals surface area contributed by atoms with Gasteiger partial charge in [0.1, 0.15) is 0 Å². The molecule has 1 aromatic carbocycles. The first-order chi connectivity index (χ1) is 13.8. The van der Waals surface area contributed by atoms with Gasteiger partial charge in [-0.3, -0.25) is 9.59 Å². The maximum Gasteiger partial charge on any atom is 0.312 e. The summed E-state index contributed by atoms with van der Waals surface area (Å²) in [5.41, 5.74) is 6.15. The molecule has 0 aliphatic rings. The first-order valence-corrected chi connectivity index (χ1v) is 10.7. The van der Waals surface area contributed by atoms with E-state index in [0.29, 0.717) is 23.2 Å². The van der Waals surface area contributed by atoms with Gasteiger partial charge in [-0.25, -0.2) is 4.79 Å². The van der Waals surface area contributed by atoms with Crippen molar-refractivity contribution in [1.29, 1.82) is 0 Å². The first kappa shape index (κ1) is 28.9. The van der Waals surface area contributed by atoms with E-state index in [1.165, 1.54) is 11.8 Å². The van der Waals surface area contributed by atoms with Crippen LogP contribution in [0.1, 0.15) is 46.6 Å². The third-order valence-electron chi connectivity index (χ3n) is 2.96. The van der Waals surface area contributed by atoms with Crippen molar-refractivity contribution in [3.63, 3.8) is 0 Å². The smallest absolute Gasteiger partial charge is 0.312 e. The maximum absolute atomic E-state index is 11.6. The lowest BCUT2D eigenvalue weighted by molar-refractivity contribution is -0.122. The highest BCUT2D eigenvalue weighted by Gasteiger charge is 2.07. The first-order valence-electron chi connectivity index (χ1n) is 9.69. The van der Waals surface area contributed by atoms with Crippen LogP contribution in [0.5, 0.6) is 0 Å². The minimum atomic E-state index is -0.443. The van der Waals surface area contributed by atoms with Crippen LogP contribution >= 0.6 is 11.8 Å². The van der Waals surface area contributed by atoms with Crippen molar-refractivity contribution >= 4 is 35.3 Å². The summed E-state index contributed by atoms with van der Waals surface area (Å²) in [6, 6.07) is 6.43. The van der Waals surface area contributed by atoms with Crippen LogP contribution < -0.4 is 21.7 Å². The van der Waals surface area contributed by atoms with Crippen molar-refractivity contribution in [3.05, 3.63) is 29.8 Å². The molecule has 0 aromatic heterocycles. The fraction of sp³-hybridized carbons (Fsp3) is 0.550. The minimum absolute atomic E-state index is 0.0300. The molecule has 6 N–H and O–H groups in total.